The number of aryl methyl sites for hydroxylation is 1. The van der Waals surface area contributed by atoms with Gasteiger partial charge in [-0.15, -0.1) is 0 Å². The molecule has 0 aliphatic heterocycles. The van der Waals surface area contributed by atoms with Gasteiger partial charge in [0, 0.05) is 46.4 Å². The standard InChI is InChI=1S/C32H26N8/c1-20(11-22-7-4-3-5-8-22)36-24-12-23(15-33-16-24)28-14-26-30(17-34-28)38-39-32(26)29-13-25-27(37-29)9-6-10-31(25)40-18-21(2)35-19-40/h3-10,12-19,36-37H,1,11H2,2H3,(H,38,39). The molecular weight excluding hydrogens is 496 g/mol. The van der Waals surface area contributed by atoms with Crippen molar-refractivity contribution in [3.8, 4) is 28.3 Å². The Morgan fingerprint density at radius 1 is 0.925 bits per heavy atom. The van der Waals surface area contributed by atoms with E-state index in [-0.39, 0.29) is 0 Å². The van der Waals surface area contributed by atoms with Crippen LogP contribution in [0.5, 0.6) is 0 Å². The van der Waals surface area contributed by atoms with Gasteiger partial charge in [-0.2, -0.15) is 5.10 Å². The Bertz CT molecular complexity index is 1990. The summed E-state index contributed by atoms with van der Waals surface area (Å²) in [6.07, 6.45) is 10.0. The highest BCUT2D eigenvalue weighted by atomic mass is 15.1. The molecule has 0 spiro atoms. The quantitative estimate of drug-likeness (QED) is 0.213. The van der Waals surface area contributed by atoms with E-state index >= 15 is 0 Å². The number of hydrogen-bond acceptors (Lipinski definition) is 5. The Morgan fingerprint density at radius 2 is 1.82 bits per heavy atom. The average molecular weight is 523 g/mol. The number of anilines is 1. The summed E-state index contributed by atoms with van der Waals surface area (Å²) in [5.74, 6) is 0. The molecule has 0 radical (unpaired) electrons. The van der Waals surface area contributed by atoms with Crippen molar-refractivity contribution in [2.75, 3.05) is 5.32 Å². The van der Waals surface area contributed by atoms with Crippen LogP contribution in [0.25, 0.3) is 50.1 Å². The zero-order chi connectivity index (χ0) is 27.1. The van der Waals surface area contributed by atoms with Crippen LogP contribution in [0, 0.1) is 6.92 Å². The van der Waals surface area contributed by atoms with Crippen molar-refractivity contribution in [1.82, 2.24) is 34.7 Å². The van der Waals surface area contributed by atoms with Crippen LogP contribution in [-0.4, -0.2) is 34.7 Å². The van der Waals surface area contributed by atoms with Gasteiger partial charge >= 0.3 is 0 Å². The van der Waals surface area contributed by atoms with Crippen LogP contribution < -0.4 is 5.32 Å². The van der Waals surface area contributed by atoms with E-state index in [0.29, 0.717) is 0 Å². The lowest BCUT2D eigenvalue weighted by atomic mass is 10.1. The first kappa shape index (κ1) is 23.6. The Morgan fingerprint density at radius 3 is 2.67 bits per heavy atom. The van der Waals surface area contributed by atoms with Gasteiger partial charge in [-0.3, -0.25) is 15.1 Å². The number of nitrogens with zero attached hydrogens (tertiary/aromatic N) is 5. The van der Waals surface area contributed by atoms with E-state index < -0.39 is 0 Å². The van der Waals surface area contributed by atoms with Gasteiger partial charge in [0.05, 0.1) is 52.7 Å². The van der Waals surface area contributed by atoms with Crippen LogP contribution in [0.15, 0.2) is 110 Å². The lowest BCUT2D eigenvalue weighted by Crippen LogP contribution is -2.02. The predicted octanol–water partition coefficient (Wildman–Crippen LogP) is 6.83. The molecule has 0 amide bonds. The number of fused-ring (bicyclic) bond motifs is 2. The highest BCUT2D eigenvalue weighted by Gasteiger charge is 2.15. The third kappa shape index (κ3) is 4.41. The summed E-state index contributed by atoms with van der Waals surface area (Å²) in [5, 5.41) is 13.2. The fourth-order valence-electron chi connectivity index (χ4n) is 5.06. The molecule has 0 unspecified atom stereocenters. The van der Waals surface area contributed by atoms with Crippen molar-refractivity contribution in [2.24, 2.45) is 0 Å². The number of H-pyrrole nitrogens is 2. The van der Waals surface area contributed by atoms with E-state index in [0.717, 1.165) is 73.6 Å². The molecule has 5 aromatic heterocycles. The lowest BCUT2D eigenvalue weighted by Gasteiger charge is -2.11. The topological polar surface area (TPSA) is 100 Å². The summed E-state index contributed by atoms with van der Waals surface area (Å²) in [6, 6.07) is 22.7. The summed E-state index contributed by atoms with van der Waals surface area (Å²) < 4.78 is 2.04. The Kier molecular flexibility index (Phi) is 5.70. The van der Waals surface area contributed by atoms with Gasteiger partial charge in [-0.05, 0) is 42.8 Å². The SMILES string of the molecule is C=C(Cc1ccccc1)Nc1cncc(-c2cc3c(-c4cc5c(-n6cnc(C)c6)cccc5[nH]4)n[nH]c3cn2)c1. The minimum absolute atomic E-state index is 0.736. The average Bonchev–Trinajstić information content (AvgIpc) is 3.71. The van der Waals surface area contributed by atoms with Gasteiger partial charge in [0.2, 0.25) is 0 Å². The molecule has 0 atom stereocenters. The van der Waals surface area contributed by atoms with Gasteiger partial charge in [-0.1, -0.05) is 43.0 Å². The number of imidazole rings is 1. The number of benzene rings is 2. The Hall–Kier alpha value is -5.50. The van der Waals surface area contributed by atoms with Crippen LogP contribution in [-0.2, 0) is 6.42 Å². The molecule has 194 valence electrons. The Balaban J connectivity index is 1.21. The summed E-state index contributed by atoms with van der Waals surface area (Å²) in [7, 11) is 0. The van der Waals surface area contributed by atoms with E-state index in [2.05, 4.69) is 78.4 Å². The number of pyridine rings is 2. The lowest BCUT2D eigenvalue weighted by molar-refractivity contribution is 1.07. The highest BCUT2D eigenvalue weighted by Crippen LogP contribution is 2.33. The third-order valence-electron chi connectivity index (χ3n) is 6.95. The molecule has 8 nitrogen and oxygen atoms in total. The van der Waals surface area contributed by atoms with Crippen molar-refractivity contribution in [3.05, 3.63) is 121 Å². The van der Waals surface area contributed by atoms with E-state index in [4.69, 9.17) is 0 Å². The molecule has 5 heterocycles. The summed E-state index contributed by atoms with van der Waals surface area (Å²) in [5.41, 5.74) is 10.4. The first-order valence-corrected chi connectivity index (χ1v) is 13.0. The van der Waals surface area contributed by atoms with Gasteiger partial charge in [0.25, 0.3) is 0 Å². The second-order valence-electron chi connectivity index (χ2n) is 9.88. The molecule has 3 N–H and O–H groups in total. The van der Waals surface area contributed by atoms with Gasteiger partial charge < -0.3 is 14.9 Å². The molecule has 0 aliphatic carbocycles. The second kappa shape index (κ2) is 9.67. The molecule has 0 bridgehead atoms. The van der Waals surface area contributed by atoms with Crippen LogP contribution in [0.2, 0.25) is 0 Å². The van der Waals surface area contributed by atoms with Crippen LogP contribution in [0.4, 0.5) is 5.69 Å². The number of allylic oxidation sites excluding steroid dienone is 1. The van der Waals surface area contributed by atoms with Gasteiger partial charge in [0.1, 0.15) is 5.69 Å². The summed E-state index contributed by atoms with van der Waals surface area (Å²) in [6.45, 7) is 6.19. The van der Waals surface area contributed by atoms with Crippen molar-refractivity contribution >= 4 is 27.5 Å². The molecule has 7 rings (SSSR count). The molecule has 0 saturated heterocycles. The smallest absolute Gasteiger partial charge is 0.116 e. The van der Waals surface area contributed by atoms with E-state index in [1.165, 1.54) is 5.56 Å². The zero-order valence-corrected chi connectivity index (χ0v) is 21.9. The molecule has 0 fully saturated rings. The highest BCUT2D eigenvalue weighted by molar-refractivity contribution is 5.98. The fourth-order valence-corrected chi connectivity index (χ4v) is 5.06. The number of nitrogens with one attached hydrogen (secondary N) is 3. The van der Waals surface area contributed by atoms with Crippen molar-refractivity contribution in [2.45, 2.75) is 13.3 Å². The predicted molar refractivity (Wildman–Crippen MR) is 159 cm³/mol. The van der Waals surface area contributed by atoms with E-state index in [1.807, 2.05) is 66.7 Å². The van der Waals surface area contributed by atoms with Crippen molar-refractivity contribution in [3.63, 3.8) is 0 Å². The minimum atomic E-state index is 0.736. The molecule has 40 heavy (non-hydrogen) atoms. The van der Waals surface area contributed by atoms with Gasteiger partial charge in [0.15, 0.2) is 0 Å². The maximum absolute atomic E-state index is 4.69. The number of hydrogen-bond donors (Lipinski definition) is 3. The van der Waals surface area contributed by atoms with Crippen LogP contribution in [0.3, 0.4) is 0 Å². The zero-order valence-electron chi connectivity index (χ0n) is 21.9. The summed E-state index contributed by atoms with van der Waals surface area (Å²) in [4.78, 5) is 17.1. The normalized spacial score (nSPS) is 11.3. The largest absolute Gasteiger partial charge is 0.358 e. The molecule has 0 saturated carbocycles. The maximum atomic E-state index is 4.69. The van der Waals surface area contributed by atoms with E-state index in [9.17, 15) is 0 Å². The molecule has 7 aromatic rings. The number of aromatic amines is 2. The maximum Gasteiger partial charge on any atom is 0.116 e. The number of aromatic nitrogens is 7. The van der Waals surface area contributed by atoms with Crippen molar-refractivity contribution in [1.29, 1.82) is 0 Å². The number of rotatable bonds is 7. The molecule has 2 aromatic carbocycles. The van der Waals surface area contributed by atoms with Crippen molar-refractivity contribution < 1.29 is 0 Å². The molecule has 8 heteroatoms. The van der Waals surface area contributed by atoms with Crippen LogP contribution in [0.1, 0.15) is 11.3 Å². The molecular formula is C32H26N8. The fraction of sp³-hybridized carbons (Fsp3) is 0.0625. The van der Waals surface area contributed by atoms with Gasteiger partial charge in [-0.25, -0.2) is 4.98 Å². The van der Waals surface area contributed by atoms with E-state index in [1.54, 1.807) is 6.20 Å². The Labute approximate surface area is 230 Å². The molecule has 0 aliphatic rings. The third-order valence-corrected chi connectivity index (χ3v) is 6.95. The monoisotopic (exact) mass is 522 g/mol. The first-order chi connectivity index (χ1) is 19.6. The van der Waals surface area contributed by atoms with Crippen LogP contribution >= 0.6 is 0 Å². The summed E-state index contributed by atoms with van der Waals surface area (Å²) >= 11 is 0. The second-order valence-corrected chi connectivity index (χ2v) is 9.88. The first-order valence-electron chi connectivity index (χ1n) is 13.0. The minimum Gasteiger partial charge on any atom is -0.358 e.